The lowest BCUT2D eigenvalue weighted by Crippen LogP contribution is -2.26. The first kappa shape index (κ1) is 16.4. The van der Waals surface area contributed by atoms with Gasteiger partial charge in [-0.3, -0.25) is 4.68 Å². The topological polar surface area (TPSA) is 73.1 Å². The van der Waals surface area contributed by atoms with E-state index in [1.54, 1.807) is 6.20 Å². The summed E-state index contributed by atoms with van der Waals surface area (Å²) in [7, 11) is 1.91. The Morgan fingerprint density at radius 2 is 2.04 bits per heavy atom. The Hall–Kier alpha value is -2.44. The third-order valence-corrected chi connectivity index (χ3v) is 3.90. The van der Waals surface area contributed by atoms with Crippen LogP contribution in [-0.2, 0) is 11.8 Å². The molecule has 0 aliphatic carbocycles. The molecule has 7 heteroatoms. The molecular formula is C17H23N5O2. The summed E-state index contributed by atoms with van der Waals surface area (Å²) in [4.78, 5) is 22.9. The molecule has 0 spiro atoms. The molecule has 1 aliphatic heterocycles. The molecule has 3 rings (SSSR count). The molecule has 0 bridgehead atoms. The SMILES string of the molecule is Cn1cc(C2CCCN2c2cnc(C(=O)OC(C)(C)C)cn2)cn1. The maximum Gasteiger partial charge on any atom is 0.359 e. The van der Waals surface area contributed by atoms with E-state index in [1.165, 1.54) is 11.8 Å². The number of hydrogen-bond acceptors (Lipinski definition) is 6. The van der Waals surface area contributed by atoms with Gasteiger partial charge in [-0.25, -0.2) is 14.8 Å². The molecule has 3 heterocycles. The van der Waals surface area contributed by atoms with Gasteiger partial charge in [-0.2, -0.15) is 5.10 Å². The average Bonchev–Trinajstić information content (AvgIpc) is 3.14. The highest BCUT2D eigenvalue weighted by Gasteiger charge is 2.28. The van der Waals surface area contributed by atoms with E-state index in [0.717, 1.165) is 25.2 Å². The van der Waals surface area contributed by atoms with E-state index >= 15 is 0 Å². The van der Waals surface area contributed by atoms with Crippen molar-refractivity contribution in [2.75, 3.05) is 11.4 Å². The van der Waals surface area contributed by atoms with E-state index in [4.69, 9.17) is 4.74 Å². The summed E-state index contributed by atoms with van der Waals surface area (Å²) in [5, 5.41) is 4.25. The van der Waals surface area contributed by atoms with Crippen molar-refractivity contribution in [3.8, 4) is 0 Å². The van der Waals surface area contributed by atoms with Crippen LogP contribution >= 0.6 is 0 Å². The standard InChI is InChI=1S/C17H23N5O2/c1-17(2,3)24-16(23)13-9-19-15(10-18-13)22-7-5-6-14(22)12-8-20-21(4)11-12/h8-11,14H,5-7H2,1-4H3. The minimum atomic E-state index is -0.544. The molecule has 0 N–H and O–H groups in total. The molecule has 0 radical (unpaired) electrons. The molecule has 128 valence electrons. The fourth-order valence-corrected chi connectivity index (χ4v) is 2.91. The Labute approximate surface area is 141 Å². The Balaban J connectivity index is 1.76. The number of carbonyl (C=O) groups excluding carboxylic acids is 1. The molecule has 1 unspecified atom stereocenters. The monoisotopic (exact) mass is 329 g/mol. The maximum atomic E-state index is 12.0. The smallest absolute Gasteiger partial charge is 0.359 e. The zero-order chi connectivity index (χ0) is 17.3. The minimum absolute atomic E-state index is 0.228. The van der Waals surface area contributed by atoms with Crippen molar-refractivity contribution in [1.29, 1.82) is 0 Å². The van der Waals surface area contributed by atoms with Crippen molar-refractivity contribution >= 4 is 11.8 Å². The fraction of sp³-hybridized carbons (Fsp3) is 0.529. The van der Waals surface area contributed by atoms with Gasteiger partial charge in [0.25, 0.3) is 0 Å². The van der Waals surface area contributed by atoms with Crippen LogP contribution in [0.5, 0.6) is 0 Å². The highest BCUT2D eigenvalue weighted by molar-refractivity contribution is 5.87. The summed E-state index contributed by atoms with van der Waals surface area (Å²) >= 11 is 0. The number of carbonyl (C=O) groups is 1. The van der Waals surface area contributed by atoms with Crippen LogP contribution in [-0.4, -0.2) is 37.9 Å². The van der Waals surface area contributed by atoms with Gasteiger partial charge in [0.2, 0.25) is 0 Å². The van der Waals surface area contributed by atoms with Crippen LogP contribution in [0.25, 0.3) is 0 Å². The van der Waals surface area contributed by atoms with Crippen LogP contribution in [0.2, 0.25) is 0 Å². The summed E-state index contributed by atoms with van der Waals surface area (Å²) in [6, 6.07) is 0.250. The second-order valence-corrected chi connectivity index (χ2v) is 7.06. The Morgan fingerprint density at radius 1 is 1.25 bits per heavy atom. The van der Waals surface area contributed by atoms with Gasteiger partial charge in [0.05, 0.1) is 24.6 Å². The fourth-order valence-electron chi connectivity index (χ4n) is 2.91. The van der Waals surface area contributed by atoms with Crippen LogP contribution in [0.15, 0.2) is 24.8 Å². The van der Waals surface area contributed by atoms with Crippen LogP contribution in [0.1, 0.15) is 55.7 Å². The third-order valence-electron chi connectivity index (χ3n) is 3.90. The third kappa shape index (κ3) is 3.55. The first-order valence-corrected chi connectivity index (χ1v) is 8.14. The number of esters is 1. The van der Waals surface area contributed by atoms with Gasteiger partial charge < -0.3 is 9.64 Å². The van der Waals surface area contributed by atoms with Crippen molar-refractivity contribution in [3.05, 3.63) is 36.0 Å². The average molecular weight is 329 g/mol. The van der Waals surface area contributed by atoms with Gasteiger partial charge in [0.15, 0.2) is 5.69 Å². The van der Waals surface area contributed by atoms with Crippen molar-refractivity contribution < 1.29 is 9.53 Å². The number of rotatable bonds is 3. The van der Waals surface area contributed by atoms with E-state index in [9.17, 15) is 4.79 Å². The zero-order valence-electron chi connectivity index (χ0n) is 14.6. The number of hydrogen-bond donors (Lipinski definition) is 0. The molecule has 7 nitrogen and oxygen atoms in total. The molecular weight excluding hydrogens is 306 g/mol. The summed E-state index contributed by atoms with van der Waals surface area (Å²) in [5.41, 5.74) is 0.858. The lowest BCUT2D eigenvalue weighted by Gasteiger charge is -2.24. The number of ether oxygens (including phenoxy) is 1. The van der Waals surface area contributed by atoms with Gasteiger partial charge in [0.1, 0.15) is 11.4 Å². The minimum Gasteiger partial charge on any atom is -0.455 e. The summed E-state index contributed by atoms with van der Waals surface area (Å²) < 4.78 is 7.12. The lowest BCUT2D eigenvalue weighted by atomic mass is 10.1. The normalized spacial score (nSPS) is 18.0. The number of aromatic nitrogens is 4. The summed E-state index contributed by atoms with van der Waals surface area (Å²) in [5.74, 6) is 0.320. The van der Waals surface area contributed by atoms with E-state index in [0.29, 0.717) is 0 Å². The van der Waals surface area contributed by atoms with E-state index in [-0.39, 0.29) is 11.7 Å². The molecule has 2 aromatic rings. The first-order valence-electron chi connectivity index (χ1n) is 8.14. The molecule has 0 amide bonds. The molecule has 1 fully saturated rings. The van der Waals surface area contributed by atoms with Gasteiger partial charge in [-0.15, -0.1) is 0 Å². The van der Waals surface area contributed by atoms with Crippen LogP contribution in [0, 0.1) is 0 Å². The van der Waals surface area contributed by atoms with Crippen molar-refractivity contribution in [2.24, 2.45) is 7.05 Å². The predicted octanol–water partition coefficient (Wildman–Crippen LogP) is 2.51. The zero-order valence-corrected chi connectivity index (χ0v) is 14.6. The van der Waals surface area contributed by atoms with Crippen molar-refractivity contribution in [2.45, 2.75) is 45.3 Å². The molecule has 24 heavy (non-hydrogen) atoms. The maximum absolute atomic E-state index is 12.0. The Kier molecular flexibility index (Phi) is 4.26. The number of anilines is 1. The largest absolute Gasteiger partial charge is 0.455 e. The van der Waals surface area contributed by atoms with Gasteiger partial charge in [0, 0.05) is 25.4 Å². The van der Waals surface area contributed by atoms with Crippen molar-refractivity contribution in [1.82, 2.24) is 19.7 Å². The molecule has 2 aromatic heterocycles. The Bertz CT molecular complexity index is 717. The quantitative estimate of drug-likeness (QED) is 0.806. The molecule has 1 aliphatic rings. The van der Waals surface area contributed by atoms with E-state index in [2.05, 4.69) is 20.0 Å². The predicted molar refractivity (Wildman–Crippen MR) is 89.7 cm³/mol. The lowest BCUT2D eigenvalue weighted by molar-refractivity contribution is 0.00624. The van der Waals surface area contributed by atoms with Gasteiger partial charge >= 0.3 is 5.97 Å². The highest BCUT2D eigenvalue weighted by Crippen LogP contribution is 2.34. The van der Waals surface area contributed by atoms with Crippen LogP contribution < -0.4 is 4.90 Å². The van der Waals surface area contributed by atoms with Crippen molar-refractivity contribution in [3.63, 3.8) is 0 Å². The van der Waals surface area contributed by atoms with Gasteiger partial charge in [-0.1, -0.05) is 0 Å². The van der Waals surface area contributed by atoms with E-state index in [1.807, 2.05) is 44.9 Å². The second kappa shape index (κ2) is 6.22. The molecule has 0 saturated carbocycles. The van der Waals surface area contributed by atoms with Crippen LogP contribution in [0.4, 0.5) is 5.82 Å². The Morgan fingerprint density at radius 3 is 2.62 bits per heavy atom. The second-order valence-electron chi connectivity index (χ2n) is 7.06. The summed E-state index contributed by atoms with van der Waals surface area (Å²) in [6.07, 6.45) is 9.21. The number of aryl methyl sites for hydroxylation is 1. The number of nitrogens with zero attached hydrogens (tertiary/aromatic N) is 5. The first-order chi connectivity index (χ1) is 11.3. The van der Waals surface area contributed by atoms with E-state index < -0.39 is 11.6 Å². The van der Waals surface area contributed by atoms with Gasteiger partial charge in [-0.05, 0) is 33.6 Å². The van der Waals surface area contributed by atoms with Crippen LogP contribution in [0.3, 0.4) is 0 Å². The summed E-state index contributed by atoms with van der Waals surface area (Å²) in [6.45, 7) is 6.40. The highest BCUT2D eigenvalue weighted by atomic mass is 16.6. The molecule has 1 atom stereocenters. The molecule has 1 saturated heterocycles. The molecule has 0 aromatic carbocycles.